The average molecular weight is 245 g/mol. The zero-order valence-electron chi connectivity index (χ0n) is 9.19. The van der Waals surface area contributed by atoms with Gasteiger partial charge in [-0.25, -0.2) is 12.8 Å². The van der Waals surface area contributed by atoms with Crippen LogP contribution in [0.1, 0.15) is 24.4 Å². The van der Waals surface area contributed by atoms with E-state index < -0.39 is 9.84 Å². The molecule has 90 valence electrons. The van der Waals surface area contributed by atoms with E-state index in [-0.39, 0.29) is 17.6 Å². The van der Waals surface area contributed by atoms with Crippen molar-refractivity contribution in [1.29, 1.82) is 0 Å². The summed E-state index contributed by atoms with van der Waals surface area (Å²) in [4.78, 5) is 0. The van der Waals surface area contributed by atoms with Gasteiger partial charge in [-0.3, -0.25) is 0 Å². The molecule has 0 fully saturated rings. The zero-order chi connectivity index (χ0) is 12.2. The standard InChI is InChI=1S/C11H16FNO2S/c1-16(14,15)8-2-3-11(13)9-4-6-10(12)7-5-9/h4-7,11H,2-3,8,13H2,1H3. The summed E-state index contributed by atoms with van der Waals surface area (Å²) in [6, 6.07) is 5.72. The van der Waals surface area contributed by atoms with E-state index in [9.17, 15) is 12.8 Å². The summed E-state index contributed by atoms with van der Waals surface area (Å²) in [5, 5.41) is 0. The third-order valence-corrected chi connectivity index (χ3v) is 3.36. The lowest BCUT2D eigenvalue weighted by Crippen LogP contribution is -2.12. The molecule has 0 spiro atoms. The van der Waals surface area contributed by atoms with Crippen LogP contribution >= 0.6 is 0 Å². The van der Waals surface area contributed by atoms with E-state index >= 15 is 0 Å². The lowest BCUT2D eigenvalue weighted by atomic mass is 10.0. The van der Waals surface area contributed by atoms with E-state index in [0.29, 0.717) is 12.8 Å². The minimum absolute atomic E-state index is 0.141. The molecule has 0 aromatic heterocycles. The molecule has 5 heteroatoms. The lowest BCUT2D eigenvalue weighted by molar-refractivity contribution is 0.587. The zero-order valence-corrected chi connectivity index (χ0v) is 10.0. The highest BCUT2D eigenvalue weighted by Crippen LogP contribution is 2.16. The topological polar surface area (TPSA) is 60.2 Å². The van der Waals surface area contributed by atoms with Crippen molar-refractivity contribution >= 4 is 9.84 Å². The molecule has 1 aromatic rings. The van der Waals surface area contributed by atoms with Gasteiger partial charge in [0.15, 0.2) is 0 Å². The summed E-state index contributed by atoms with van der Waals surface area (Å²) in [6.45, 7) is 0. The maximum Gasteiger partial charge on any atom is 0.147 e. The van der Waals surface area contributed by atoms with E-state index in [4.69, 9.17) is 5.73 Å². The summed E-state index contributed by atoms with van der Waals surface area (Å²) >= 11 is 0. The van der Waals surface area contributed by atoms with Crippen molar-refractivity contribution in [3.63, 3.8) is 0 Å². The van der Waals surface area contributed by atoms with Gasteiger partial charge >= 0.3 is 0 Å². The van der Waals surface area contributed by atoms with Crippen LogP contribution in [0, 0.1) is 5.82 Å². The number of nitrogens with two attached hydrogens (primary N) is 1. The Balaban J connectivity index is 2.47. The number of halogens is 1. The number of benzene rings is 1. The van der Waals surface area contributed by atoms with Gasteiger partial charge < -0.3 is 5.73 Å². The molecule has 1 aromatic carbocycles. The fourth-order valence-corrected chi connectivity index (χ4v) is 2.13. The smallest absolute Gasteiger partial charge is 0.147 e. The SMILES string of the molecule is CS(=O)(=O)CCCC(N)c1ccc(F)cc1. The van der Waals surface area contributed by atoms with Gasteiger partial charge in [0.05, 0.1) is 0 Å². The predicted molar refractivity (Wildman–Crippen MR) is 62.3 cm³/mol. The molecule has 0 bridgehead atoms. The Kier molecular flexibility index (Phi) is 4.44. The molecule has 0 radical (unpaired) electrons. The molecule has 0 saturated carbocycles. The number of hydrogen-bond donors (Lipinski definition) is 1. The Labute approximate surface area is 95.4 Å². The van der Waals surface area contributed by atoms with Crippen LogP contribution in [0.25, 0.3) is 0 Å². The van der Waals surface area contributed by atoms with Crippen LogP contribution in [-0.2, 0) is 9.84 Å². The van der Waals surface area contributed by atoms with Crippen LogP contribution in [0.4, 0.5) is 4.39 Å². The van der Waals surface area contributed by atoms with Crippen molar-refractivity contribution in [1.82, 2.24) is 0 Å². The van der Waals surface area contributed by atoms with Gasteiger partial charge in [0, 0.05) is 18.1 Å². The van der Waals surface area contributed by atoms with Crippen molar-refractivity contribution < 1.29 is 12.8 Å². The van der Waals surface area contributed by atoms with E-state index in [1.165, 1.54) is 18.4 Å². The molecule has 0 heterocycles. The van der Waals surface area contributed by atoms with Crippen LogP contribution in [0.3, 0.4) is 0 Å². The molecule has 16 heavy (non-hydrogen) atoms. The Bertz CT molecular complexity index is 428. The average Bonchev–Trinajstić information content (AvgIpc) is 2.16. The summed E-state index contributed by atoms with van der Waals surface area (Å²) in [5.41, 5.74) is 6.69. The van der Waals surface area contributed by atoms with E-state index in [1.807, 2.05) is 0 Å². The van der Waals surface area contributed by atoms with Gasteiger partial charge in [0.2, 0.25) is 0 Å². The third kappa shape index (κ3) is 4.72. The fraction of sp³-hybridized carbons (Fsp3) is 0.455. The molecule has 0 saturated heterocycles. The second kappa shape index (κ2) is 5.41. The van der Waals surface area contributed by atoms with Gasteiger partial charge in [-0.05, 0) is 30.5 Å². The molecule has 1 unspecified atom stereocenters. The van der Waals surface area contributed by atoms with Crippen molar-refractivity contribution in [3.8, 4) is 0 Å². The van der Waals surface area contributed by atoms with Gasteiger partial charge in [-0.1, -0.05) is 12.1 Å². The highest BCUT2D eigenvalue weighted by atomic mass is 32.2. The number of rotatable bonds is 5. The van der Waals surface area contributed by atoms with Gasteiger partial charge in [0.25, 0.3) is 0 Å². The molecule has 2 N–H and O–H groups in total. The molecule has 0 amide bonds. The molecular formula is C11H16FNO2S. The van der Waals surface area contributed by atoms with E-state index in [0.717, 1.165) is 5.56 Å². The predicted octanol–water partition coefficient (Wildman–Crippen LogP) is 1.65. The number of sulfone groups is 1. The lowest BCUT2D eigenvalue weighted by Gasteiger charge is -2.11. The fourth-order valence-electron chi connectivity index (χ4n) is 1.44. The van der Waals surface area contributed by atoms with Crippen LogP contribution in [0.15, 0.2) is 24.3 Å². The Morgan fingerprint density at radius 3 is 2.38 bits per heavy atom. The Morgan fingerprint density at radius 1 is 1.31 bits per heavy atom. The Morgan fingerprint density at radius 2 is 1.88 bits per heavy atom. The third-order valence-electron chi connectivity index (χ3n) is 2.33. The first-order valence-electron chi connectivity index (χ1n) is 5.07. The first-order chi connectivity index (χ1) is 7.38. The Hall–Kier alpha value is -0.940. The van der Waals surface area contributed by atoms with E-state index in [2.05, 4.69) is 0 Å². The van der Waals surface area contributed by atoms with Crippen molar-refractivity contribution in [2.24, 2.45) is 5.73 Å². The van der Waals surface area contributed by atoms with Crippen molar-refractivity contribution in [2.75, 3.05) is 12.0 Å². The normalized spacial score (nSPS) is 13.7. The van der Waals surface area contributed by atoms with E-state index in [1.54, 1.807) is 12.1 Å². The maximum absolute atomic E-state index is 12.6. The first kappa shape index (κ1) is 13.1. The molecule has 0 aliphatic rings. The molecule has 1 rings (SSSR count). The molecule has 0 aliphatic heterocycles. The molecular weight excluding hydrogens is 229 g/mol. The first-order valence-corrected chi connectivity index (χ1v) is 7.13. The largest absolute Gasteiger partial charge is 0.324 e. The van der Waals surface area contributed by atoms with Gasteiger partial charge in [-0.15, -0.1) is 0 Å². The highest BCUT2D eigenvalue weighted by Gasteiger charge is 2.08. The second-order valence-corrected chi connectivity index (χ2v) is 6.19. The quantitative estimate of drug-likeness (QED) is 0.858. The molecule has 3 nitrogen and oxygen atoms in total. The van der Waals surface area contributed by atoms with Crippen LogP contribution in [0.5, 0.6) is 0 Å². The van der Waals surface area contributed by atoms with Crippen LogP contribution in [-0.4, -0.2) is 20.4 Å². The monoisotopic (exact) mass is 245 g/mol. The molecule has 0 aliphatic carbocycles. The second-order valence-electron chi connectivity index (χ2n) is 3.93. The number of hydrogen-bond acceptors (Lipinski definition) is 3. The van der Waals surface area contributed by atoms with Crippen molar-refractivity contribution in [2.45, 2.75) is 18.9 Å². The summed E-state index contributed by atoms with van der Waals surface area (Å²) in [7, 11) is -2.92. The maximum atomic E-state index is 12.6. The highest BCUT2D eigenvalue weighted by molar-refractivity contribution is 7.90. The summed E-state index contributed by atoms with van der Waals surface area (Å²) < 4.78 is 34.4. The van der Waals surface area contributed by atoms with Crippen molar-refractivity contribution in [3.05, 3.63) is 35.6 Å². The minimum atomic E-state index is -2.92. The minimum Gasteiger partial charge on any atom is -0.324 e. The molecule has 1 atom stereocenters. The van der Waals surface area contributed by atoms with Crippen LogP contribution < -0.4 is 5.73 Å². The summed E-state index contributed by atoms with van der Waals surface area (Å²) in [5.74, 6) is -0.158. The van der Waals surface area contributed by atoms with Gasteiger partial charge in [-0.2, -0.15) is 0 Å². The van der Waals surface area contributed by atoms with Crippen LogP contribution in [0.2, 0.25) is 0 Å². The van der Waals surface area contributed by atoms with Gasteiger partial charge in [0.1, 0.15) is 15.7 Å². The summed E-state index contributed by atoms with van der Waals surface area (Å²) in [6.07, 6.45) is 2.31.